The quantitative estimate of drug-likeness (QED) is 0.624. The van der Waals surface area contributed by atoms with Crippen LogP contribution in [-0.2, 0) is 4.74 Å². The number of rotatable bonds is 10. The number of hydrogen-bond donors (Lipinski definition) is 1. The average molecular weight is 299 g/mol. The molecule has 0 spiro atoms. The summed E-state index contributed by atoms with van der Waals surface area (Å²) in [6, 6.07) is 0.736. The third-order valence-corrected chi connectivity index (χ3v) is 5.47. The Morgan fingerprint density at radius 1 is 1.24 bits per heavy atom. The molecule has 0 atom stereocenters. The number of hydrogen-bond acceptors (Lipinski definition) is 3. The summed E-state index contributed by atoms with van der Waals surface area (Å²) in [4.78, 5) is 2.62. The molecule has 1 fully saturated rings. The molecule has 0 aromatic heterocycles. The van der Waals surface area contributed by atoms with Gasteiger partial charge >= 0.3 is 0 Å². The molecular formula is C18H38N2O. The highest BCUT2D eigenvalue weighted by molar-refractivity contribution is 4.90. The van der Waals surface area contributed by atoms with Gasteiger partial charge in [0.1, 0.15) is 0 Å². The van der Waals surface area contributed by atoms with E-state index < -0.39 is 0 Å². The van der Waals surface area contributed by atoms with Crippen LogP contribution in [0.5, 0.6) is 0 Å². The fourth-order valence-corrected chi connectivity index (χ4v) is 3.86. The van der Waals surface area contributed by atoms with Gasteiger partial charge in [-0.25, -0.2) is 0 Å². The average Bonchev–Trinajstić information content (AvgIpc) is 2.48. The van der Waals surface area contributed by atoms with Crippen molar-refractivity contribution in [1.29, 1.82) is 0 Å². The minimum absolute atomic E-state index is 0.470. The lowest BCUT2D eigenvalue weighted by atomic mass is 9.70. The van der Waals surface area contributed by atoms with Crippen LogP contribution in [-0.4, -0.2) is 51.3 Å². The van der Waals surface area contributed by atoms with Gasteiger partial charge in [-0.3, -0.25) is 0 Å². The first-order chi connectivity index (χ1) is 10.1. The molecule has 0 unspecified atom stereocenters. The van der Waals surface area contributed by atoms with Crippen LogP contribution in [0.3, 0.4) is 0 Å². The molecular weight excluding hydrogens is 260 g/mol. The van der Waals surface area contributed by atoms with E-state index in [9.17, 15) is 0 Å². The van der Waals surface area contributed by atoms with Gasteiger partial charge < -0.3 is 15.0 Å². The van der Waals surface area contributed by atoms with E-state index in [4.69, 9.17) is 4.74 Å². The molecule has 1 N–H and O–H groups in total. The SMILES string of the molecule is CCC(CC)N(C)CC1(CNCCOC)CCC(C)CC1. The van der Waals surface area contributed by atoms with Crippen molar-refractivity contribution in [2.75, 3.05) is 40.4 Å². The summed E-state index contributed by atoms with van der Waals surface area (Å²) >= 11 is 0. The number of ether oxygens (including phenoxy) is 1. The Morgan fingerprint density at radius 3 is 2.38 bits per heavy atom. The number of nitrogens with one attached hydrogen (secondary N) is 1. The molecule has 0 aromatic rings. The van der Waals surface area contributed by atoms with Gasteiger partial charge in [0.05, 0.1) is 6.61 Å². The lowest BCUT2D eigenvalue weighted by molar-refractivity contribution is 0.0740. The zero-order valence-electron chi connectivity index (χ0n) is 15.1. The highest BCUT2D eigenvalue weighted by atomic mass is 16.5. The lowest BCUT2D eigenvalue weighted by Gasteiger charge is -2.44. The van der Waals surface area contributed by atoms with Gasteiger partial charge in [0.2, 0.25) is 0 Å². The molecule has 0 saturated heterocycles. The summed E-state index contributed by atoms with van der Waals surface area (Å²) in [7, 11) is 4.10. The van der Waals surface area contributed by atoms with Crippen LogP contribution in [0.25, 0.3) is 0 Å². The Labute approximate surface area is 132 Å². The first-order valence-electron chi connectivity index (χ1n) is 8.96. The molecule has 1 aliphatic rings. The van der Waals surface area contributed by atoms with E-state index in [0.717, 1.165) is 31.7 Å². The van der Waals surface area contributed by atoms with Gasteiger partial charge in [-0.05, 0) is 44.1 Å². The molecule has 0 aliphatic heterocycles. The minimum atomic E-state index is 0.470. The summed E-state index contributed by atoms with van der Waals surface area (Å²) in [5.74, 6) is 0.913. The van der Waals surface area contributed by atoms with Crippen molar-refractivity contribution in [2.24, 2.45) is 11.3 Å². The second-order valence-corrected chi connectivity index (χ2v) is 7.24. The van der Waals surface area contributed by atoms with E-state index in [1.807, 2.05) is 0 Å². The Bertz CT molecular complexity index is 258. The van der Waals surface area contributed by atoms with Gasteiger partial charge in [-0.1, -0.05) is 33.6 Å². The monoisotopic (exact) mass is 298 g/mol. The standard InChI is InChI=1S/C18H38N2O/c1-6-17(7-2)20(4)15-18(14-19-12-13-21-5)10-8-16(3)9-11-18/h16-17,19H,6-15H2,1-5H3. The molecule has 0 bridgehead atoms. The molecule has 3 heteroatoms. The predicted octanol–water partition coefficient (Wildman–Crippen LogP) is 3.54. The largest absolute Gasteiger partial charge is 0.383 e. The molecule has 1 aliphatic carbocycles. The Kier molecular flexibility index (Phi) is 8.84. The molecule has 0 heterocycles. The van der Waals surface area contributed by atoms with Crippen molar-refractivity contribution in [1.82, 2.24) is 10.2 Å². The van der Waals surface area contributed by atoms with Crippen LogP contribution in [0.15, 0.2) is 0 Å². The third-order valence-electron chi connectivity index (χ3n) is 5.47. The maximum absolute atomic E-state index is 5.16. The number of nitrogens with zero attached hydrogens (tertiary/aromatic N) is 1. The Hall–Kier alpha value is -0.120. The van der Waals surface area contributed by atoms with Crippen LogP contribution in [0, 0.1) is 11.3 Å². The molecule has 21 heavy (non-hydrogen) atoms. The smallest absolute Gasteiger partial charge is 0.0587 e. The molecule has 1 saturated carbocycles. The maximum Gasteiger partial charge on any atom is 0.0587 e. The third kappa shape index (κ3) is 6.25. The first kappa shape index (κ1) is 18.9. The van der Waals surface area contributed by atoms with E-state index in [1.54, 1.807) is 7.11 Å². The van der Waals surface area contributed by atoms with E-state index in [0.29, 0.717) is 5.41 Å². The lowest BCUT2D eigenvalue weighted by Crippen LogP contribution is -2.48. The van der Waals surface area contributed by atoms with Gasteiger partial charge in [0, 0.05) is 32.8 Å². The highest BCUT2D eigenvalue weighted by Crippen LogP contribution is 2.39. The molecule has 0 radical (unpaired) electrons. The summed E-state index contributed by atoms with van der Waals surface area (Å²) in [5.41, 5.74) is 0.470. The predicted molar refractivity (Wildman–Crippen MR) is 91.8 cm³/mol. The summed E-state index contributed by atoms with van der Waals surface area (Å²) < 4.78 is 5.16. The topological polar surface area (TPSA) is 24.5 Å². The van der Waals surface area contributed by atoms with Gasteiger partial charge in [-0.2, -0.15) is 0 Å². The normalized spacial score (nSPS) is 26.7. The van der Waals surface area contributed by atoms with E-state index >= 15 is 0 Å². The van der Waals surface area contributed by atoms with Gasteiger partial charge in [0.15, 0.2) is 0 Å². The Morgan fingerprint density at radius 2 is 1.86 bits per heavy atom. The molecule has 0 aromatic carbocycles. The van der Waals surface area contributed by atoms with Crippen LogP contribution >= 0.6 is 0 Å². The molecule has 3 nitrogen and oxygen atoms in total. The number of methoxy groups -OCH3 is 1. The zero-order valence-corrected chi connectivity index (χ0v) is 15.1. The van der Waals surface area contributed by atoms with Crippen molar-refractivity contribution in [3.8, 4) is 0 Å². The maximum atomic E-state index is 5.16. The highest BCUT2D eigenvalue weighted by Gasteiger charge is 2.35. The minimum Gasteiger partial charge on any atom is -0.383 e. The van der Waals surface area contributed by atoms with E-state index in [-0.39, 0.29) is 0 Å². The molecule has 0 amide bonds. The fourth-order valence-electron chi connectivity index (χ4n) is 3.86. The van der Waals surface area contributed by atoms with Gasteiger partial charge in [0.25, 0.3) is 0 Å². The second-order valence-electron chi connectivity index (χ2n) is 7.24. The van der Waals surface area contributed by atoms with Crippen molar-refractivity contribution in [3.05, 3.63) is 0 Å². The van der Waals surface area contributed by atoms with Crippen molar-refractivity contribution < 1.29 is 4.74 Å². The van der Waals surface area contributed by atoms with Crippen molar-refractivity contribution in [2.45, 2.75) is 65.3 Å². The van der Waals surface area contributed by atoms with E-state index in [1.165, 1.54) is 45.1 Å². The summed E-state index contributed by atoms with van der Waals surface area (Å²) in [5, 5.41) is 3.64. The molecule has 126 valence electrons. The fraction of sp³-hybridized carbons (Fsp3) is 1.00. The summed E-state index contributed by atoms with van der Waals surface area (Å²) in [6.07, 6.45) is 8.05. The van der Waals surface area contributed by atoms with E-state index in [2.05, 4.69) is 38.0 Å². The first-order valence-corrected chi connectivity index (χ1v) is 8.96. The van der Waals surface area contributed by atoms with Crippen molar-refractivity contribution in [3.63, 3.8) is 0 Å². The van der Waals surface area contributed by atoms with Crippen LogP contribution in [0.1, 0.15) is 59.3 Å². The second kappa shape index (κ2) is 9.81. The molecule has 1 rings (SSSR count). The van der Waals surface area contributed by atoms with Crippen LogP contribution in [0.4, 0.5) is 0 Å². The van der Waals surface area contributed by atoms with Gasteiger partial charge in [-0.15, -0.1) is 0 Å². The Balaban J connectivity index is 2.58. The van der Waals surface area contributed by atoms with Crippen molar-refractivity contribution >= 4 is 0 Å². The zero-order chi connectivity index (χ0) is 15.7. The van der Waals surface area contributed by atoms with Crippen LogP contribution in [0.2, 0.25) is 0 Å². The summed E-state index contributed by atoms with van der Waals surface area (Å²) in [6.45, 7) is 11.2. The van der Waals surface area contributed by atoms with Crippen LogP contribution < -0.4 is 5.32 Å².